The van der Waals surface area contributed by atoms with Crippen molar-refractivity contribution in [1.29, 1.82) is 0 Å². The lowest BCUT2D eigenvalue weighted by atomic mass is 10.2. The van der Waals surface area contributed by atoms with Crippen LogP contribution >= 0.6 is 0 Å². The highest BCUT2D eigenvalue weighted by atomic mass is 16.5. The van der Waals surface area contributed by atoms with Gasteiger partial charge in [0.15, 0.2) is 6.10 Å². The number of carbonyl (C=O) groups excluding carboxylic acids is 2. The summed E-state index contributed by atoms with van der Waals surface area (Å²) in [5.41, 5.74) is 4.87. The first-order chi connectivity index (χ1) is 16.5. The second kappa shape index (κ2) is 10.4. The molecular formula is C26H22N2O6. The number of nitrogens with one attached hydrogen (secondary N) is 2. The van der Waals surface area contributed by atoms with Crippen molar-refractivity contribution >= 4 is 22.8 Å². The van der Waals surface area contributed by atoms with Gasteiger partial charge in [0.1, 0.15) is 29.3 Å². The van der Waals surface area contributed by atoms with Gasteiger partial charge in [-0.25, -0.2) is 4.79 Å². The van der Waals surface area contributed by atoms with Gasteiger partial charge < -0.3 is 13.9 Å². The van der Waals surface area contributed by atoms with Gasteiger partial charge in [0.25, 0.3) is 11.8 Å². The van der Waals surface area contributed by atoms with Gasteiger partial charge in [-0.15, -0.1) is 0 Å². The van der Waals surface area contributed by atoms with Gasteiger partial charge in [0.2, 0.25) is 0 Å². The minimum Gasteiger partial charge on any atom is -0.489 e. The van der Waals surface area contributed by atoms with E-state index in [1.54, 1.807) is 48.5 Å². The summed E-state index contributed by atoms with van der Waals surface area (Å²) >= 11 is 0. The third kappa shape index (κ3) is 5.60. The van der Waals surface area contributed by atoms with Crippen LogP contribution in [0.5, 0.6) is 11.5 Å². The molecule has 1 heterocycles. The first-order valence-electron chi connectivity index (χ1n) is 10.6. The molecule has 0 fully saturated rings. The Morgan fingerprint density at radius 3 is 2.32 bits per heavy atom. The Kier molecular flexibility index (Phi) is 6.88. The number of carbonyl (C=O) groups is 2. The van der Waals surface area contributed by atoms with E-state index in [9.17, 15) is 14.4 Å². The Morgan fingerprint density at radius 1 is 0.882 bits per heavy atom. The summed E-state index contributed by atoms with van der Waals surface area (Å²) in [5, 5.41) is 0.589. The largest absolute Gasteiger partial charge is 0.489 e. The summed E-state index contributed by atoms with van der Waals surface area (Å²) in [6.07, 6.45) is -0.913. The summed E-state index contributed by atoms with van der Waals surface area (Å²) < 4.78 is 16.5. The van der Waals surface area contributed by atoms with Crippen LogP contribution in [0.2, 0.25) is 0 Å². The molecule has 0 bridgehead atoms. The average molecular weight is 458 g/mol. The molecule has 8 nitrogen and oxygen atoms in total. The van der Waals surface area contributed by atoms with Gasteiger partial charge in [-0.05, 0) is 48.9 Å². The molecule has 4 rings (SSSR count). The average Bonchev–Trinajstić information content (AvgIpc) is 2.86. The Labute approximate surface area is 195 Å². The number of hydrazine groups is 1. The van der Waals surface area contributed by atoms with E-state index in [1.165, 1.54) is 13.0 Å². The summed E-state index contributed by atoms with van der Waals surface area (Å²) in [6, 6.07) is 24.9. The van der Waals surface area contributed by atoms with Crippen LogP contribution in [-0.4, -0.2) is 17.9 Å². The quantitative estimate of drug-likeness (QED) is 0.324. The zero-order valence-electron chi connectivity index (χ0n) is 18.3. The van der Waals surface area contributed by atoms with Crippen molar-refractivity contribution < 1.29 is 23.5 Å². The van der Waals surface area contributed by atoms with Crippen LogP contribution in [0.3, 0.4) is 0 Å². The molecule has 172 valence electrons. The smallest absolute Gasteiger partial charge is 0.349 e. The molecule has 0 aliphatic heterocycles. The van der Waals surface area contributed by atoms with Gasteiger partial charge in [-0.2, -0.15) is 0 Å². The number of para-hydroxylation sites is 1. The number of fused-ring (bicyclic) bond motifs is 1. The molecule has 8 heteroatoms. The second-order valence-corrected chi connectivity index (χ2v) is 7.43. The Morgan fingerprint density at radius 2 is 1.56 bits per heavy atom. The molecule has 0 saturated carbocycles. The van der Waals surface area contributed by atoms with Crippen LogP contribution in [0.1, 0.15) is 22.8 Å². The second-order valence-electron chi connectivity index (χ2n) is 7.43. The van der Waals surface area contributed by atoms with E-state index in [1.807, 2.05) is 30.3 Å². The van der Waals surface area contributed by atoms with Gasteiger partial charge in [-0.1, -0.05) is 48.5 Å². The maximum absolute atomic E-state index is 12.4. The van der Waals surface area contributed by atoms with Crippen molar-refractivity contribution in [1.82, 2.24) is 10.9 Å². The molecule has 2 amide bonds. The fourth-order valence-corrected chi connectivity index (χ4v) is 3.12. The van der Waals surface area contributed by atoms with Crippen LogP contribution < -0.4 is 26.0 Å². The van der Waals surface area contributed by atoms with Crippen LogP contribution in [0.4, 0.5) is 0 Å². The third-order valence-corrected chi connectivity index (χ3v) is 4.94. The molecular weight excluding hydrogens is 436 g/mol. The Hall–Kier alpha value is -4.59. The summed E-state index contributed by atoms with van der Waals surface area (Å²) in [6.45, 7) is 1.97. The number of hydrogen-bond acceptors (Lipinski definition) is 6. The van der Waals surface area contributed by atoms with Crippen LogP contribution in [-0.2, 0) is 11.4 Å². The minimum atomic E-state index is -0.913. The molecule has 0 spiro atoms. The van der Waals surface area contributed by atoms with Crippen molar-refractivity contribution in [2.45, 2.75) is 19.6 Å². The Bertz CT molecular complexity index is 1350. The highest BCUT2D eigenvalue weighted by molar-refractivity contribution is 5.97. The minimum absolute atomic E-state index is 0.223. The standard InChI is InChI=1S/C26H22N2O6/c1-17(33-21-13-11-20(12-14-21)32-16-18-7-3-2-4-8-18)24(29)27-28-25(30)22-15-19-9-5-6-10-23(19)34-26(22)31/h2-15,17H,16H2,1H3,(H,27,29)(H,28,30)/t17-/m0/s1. The molecule has 4 aromatic rings. The summed E-state index contributed by atoms with van der Waals surface area (Å²) in [7, 11) is 0. The normalized spacial score (nSPS) is 11.4. The number of hydrogen-bond donors (Lipinski definition) is 2. The van der Waals surface area contributed by atoms with Gasteiger partial charge in [0, 0.05) is 5.39 Å². The van der Waals surface area contributed by atoms with Crippen molar-refractivity contribution in [2.75, 3.05) is 0 Å². The number of ether oxygens (including phenoxy) is 2. The maximum atomic E-state index is 12.4. The maximum Gasteiger partial charge on any atom is 0.349 e. The van der Waals surface area contributed by atoms with Crippen LogP contribution in [0.25, 0.3) is 11.0 Å². The molecule has 1 aromatic heterocycles. The fraction of sp³-hybridized carbons (Fsp3) is 0.115. The highest BCUT2D eigenvalue weighted by Gasteiger charge is 2.18. The number of benzene rings is 3. The monoisotopic (exact) mass is 458 g/mol. The molecule has 0 aliphatic rings. The molecule has 1 atom stereocenters. The Balaban J connectivity index is 1.28. The molecule has 0 aliphatic carbocycles. The van der Waals surface area contributed by atoms with Crippen LogP contribution in [0.15, 0.2) is 94.1 Å². The van der Waals surface area contributed by atoms with Crippen LogP contribution in [0, 0.1) is 0 Å². The molecule has 0 unspecified atom stereocenters. The van der Waals surface area contributed by atoms with Gasteiger partial charge >= 0.3 is 5.63 Å². The lowest BCUT2D eigenvalue weighted by Crippen LogP contribution is -2.48. The van der Waals surface area contributed by atoms with Crippen molar-refractivity contribution in [3.05, 3.63) is 106 Å². The molecule has 34 heavy (non-hydrogen) atoms. The van der Waals surface area contributed by atoms with E-state index in [-0.39, 0.29) is 5.56 Å². The van der Waals surface area contributed by atoms with E-state index < -0.39 is 23.5 Å². The van der Waals surface area contributed by atoms with E-state index in [0.29, 0.717) is 29.1 Å². The van der Waals surface area contributed by atoms with Crippen molar-refractivity contribution in [3.63, 3.8) is 0 Å². The lowest BCUT2D eigenvalue weighted by molar-refractivity contribution is -0.128. The molecule has 0 saturated heterocycles. The van der Waals surface area contributed by atoms with E-state index in [2.05, 4.69) is 10.9 Å². The topological polar surface area (TPSA) is 107 Å². The molecule has 0 radical (unpaired) electrons. The SMILES string of the molecule is C[C@H](Oc1ccc(OCc2ccccc2)cc1)C(=O)NNC(=O)c1cc2ccccc2oc1=O. The molecule has 2 N–H and O–H groups in total. The van der Waals surface area contributed by atoms with E-state index in [0.717, 1.165) is 5.56 Å². The highest BCUT2D eigenvalue weighted by Crippen LogP contribution is 2.20. The lowest BCUT2D eigenvalue weighted by Gasteiger charge is -2.15. The fourth-order valence-electron chi connectivity index (χ4n) is 3.12. The first-order valence-corrected chi connectivity index (χ1v) is 10.6. The van der Waals surface area contributed by atoms with Crippen molar-refractivity contribution in [3.8, 4) is 11.5 Å². The third-order valence-electron chi connectivity index (χ3n) is 4.94. The van der Waals surface area contributed by atoms with E-state index in [4.69, 9.17) is 13.9 Å². The first kappa shape index (κ1) is 22.6. The van der Waals surface area contributed by atoms with Gasteiger partial charge in [0.05, 0.1) is 0 Å². The predicted octanol–water partition coefficient (Wildman–Crippen LogP) is 3.60. The molecule has 3 aromatic carbocycles. The summed E-state index contributed by atoms with van der Waals surface area (Å²) in [4.78, 5) is 36.8. The van der Waals surface area contributed by atoms with Gasteiger partial charge in [-0.3, -0.25) is 20.4 Å². The number of amides is 2. The number of rotatable bonds is 7. The zero-order valence-corrected chi connectivity index (χ0v) is 18.3. The van der Waals surface area contributed by atoms with E-state index >= 15 is 0 Å². The summed E-state index contributed by atoms with van der Waals surface area (Å²) in [5.74, 6) is -0.270. The van der Waals surface area contributed by atoms with Crippen molar-refractivity contribution in [2.24, 2.45) is 0 Å². The zero-order chi connectivity index (χ0) is 23.9. The predicted molar refractivity (Wildman–Crippen MR) is 125 cm³/mol.